The summed E-state index contributed by atoms with van der Waals surface area (Å²) >= 11 is 0. The molecule has 1 heterocycles. The van der Waals surface area contributed by atoms with Gasteiger partial charge in [0.2, 0.25) is 5.91 Å². The molecule has 5 N–H and O–H groups in total. The van der Waals surface area contributed by atoms with Crippen molar-refractivity contribution in [3.8, 4) is 0 Å². The van der Waals surface area contributed by atoms with Gasteiger partial charge in [0.25, 0.3) is 0 Å². The third-order valence-corrected chi connectivity index (χ3v) is 1.79. The van der Waals surface area contributed by atoms with Crippen molar-refractivity contribution in [1.82, 2.24) is 15.3 Å². The molecular weight excluding hydrogens is 236 g/mol. The first-order valence-electron chi connectivity index (χ1n) is 4.33. The quantitative estimate of drug-likeness (QED) is 0.527. The number of hydrogen-bond acceptors (Lipinski definition) is 4. The highest BCUT2D eigenvalue weighted by molar-refractivity contribution is 5.85. The van der Waals surface area contributed by atoms with Gasteiger partial charge in [-0.2, -0.15) is 0 Å². The molecule has 0 fully saturated rings. The molecule has 90 valence electrons. The van der Waals surface area contributed by atoms with E-state index in [2.05, 4.69) is 15.3 Å². The van der Waals surface area contributed by atoms with Crippen molar-refractivity contribution >= 4 is 24.3 Å². The fourth-order valence-corrected chi connectivity index (χ4v) is 1.07. The number of H-pyrrole nitrogens is 1. The number of aromatic amines is 1. The Morgan fingerprint density at radius 1 is 1.62 bits per heavy atom. The topological polar surface area (TPSA) is 121 Å². The van der Waals surface area contributed by atoms with Crippen LogP contribution in [0, 0.1) is 0 Å². The van der Waals surface area contributed by atoms with Crippen LogP contribution in [0.15, 0.2) is 12.5 Å². The summed E-state index contributed by atoms with van der Waals surface area (Å²) in [5, 5.41) is 11.1. The number of carboxylic acid groups (broad SMARTS) is 1. The second-order valence-electron chi connectivity index (χ2n) is 2.93. The monoisotopic (exact) mass is 248 g/mol. The van der Waals surface area contributed by atoms with Gasteiger partial charge in [-0.15, -0.1) is 12.4 Å². The van der Waals surface area contributed by atoms with Gasteiger partial charge in [-0.25, -0.2) is 9.78 Å². The molecule has 1 aromatic heterocycles. The number of carbonyl (C=O) groups is 2. The van der Waals surface area contributed by atoms with Crippen LogP contribution in [0.25, 0.3) is 0 Å². The van der Waals surface area contributed by atoms with E-state index in [0.717, 1.165) is 0 Å². The van der Waals surface area contributed by atoms with Crippen LogP contribution >= 0.6 is 12.4 Å². The SMILES string of the molecule is Cl.NCC(=O)N[C@@H](Cc1c[nH]cn1)C(=O)O. The zero-order valence-corrected chi connectivity index (χ0v) is 9.16. The Balaban J connectivity index is 0.00000225. The maximum Gasteiger partial charge on any atom is 0.326 e. The molecule has 16 heavy (non-hydrogen) atoms. The average Bonchev–Trinajstić information content (AvgIpc) is 2.69. The Kier molecular flexibility index (Phi) is 6.12. The van der Waals surface area contributed by atoms with E-state index in [1.807, 2.05) is 0 Å². The Labute approximate surface area is 97.8 Å². The number of nitrogens with two attached hydrogens (primary N) is 1. The van der Waals surface area contributed by atoms with Gasteiger partial charge in [-0.3, -0.25) is 4.79 Å². The lowest BCUT2D eigenvalue weighted by molar-refractivity contribution is -0.141. The van der Waals surface area contributed by atoms with Crippen molar-refractivity contribution < 1.29 is 14.7 Å². The molecule has 0 aliphatic rings. The molecule has 0 bridgehead atoms. The van der Waals surface area contributed by atoms with Gasteiger partial charge in [0.05, 0.1) is 18.6 Å². The zero-order chi connectivity index (χ0) is 11.3. The standard InChI is InChI=1S/C8H12N4O3.ClH/c9-2-7(13)12-6(8(14)15)1-5-3-10-4-11-5;/h3-4,6H,1-2,9H2,(H,10,11)(H,12,13)(H,14,15);1H/t6-;/m0./s1. The molecule has 1 amide bonds. The van der Waals surface area contributed by atoms with Gasteiger partial charge < -0.3 is 21.1 Å². The summed E-state index contributed by atoms with van der Waals surface area (Å²) in [5.41, 5.74) is 5.64. The van der Waals surface area contributed by atoms with Crippen molar-refractivity contribution in [1.29, 1.82) is 0 Å². The Morgan fingerprint density at radius 2 is 2.31 bits per heavy atom. The highest BCUT2D eigenvalue weighted by Crippen LogP contribution is 1.98. The van der Waals surface area contributed by atoms with Crippen molar-refractivity contribution in [3.05, 3.63) is 18.2 Å². The highest BCUT2D eigenvalue weighted by Gasteiger charge is 2.20. The van der Waals surface area contributed by atoms with Crippen LogP contribution in [0.4, 0.5) is 0 Å². The molecule has 0 aliphatic carbocycles. The minimum absolute atomic E-state index is 0. The number of carboxylic acids is 1. The number of imidazole rings is 1. The van der Waals surface area contributed by atoms with E-state index < -0.39 is 17.9 Å². The van der Waals surface area contributed by atoms with E-state index in [1.54, 1.807) is 6.20 Å². The van der Waals surface area contributed by atoms with Gasteiger partial charge in [0.1, 0.15) is 6.04 Å². The third-order valence-electron chi connectivity index (χ3n) is 1.79. The van der Waals surface area contributed by atoms with Crippen LogP contribution in [0.3, 0.4) is 0 Å². The smallest absolute Gasteiger partial charge is 0.326 e. The first-order chi connectivity index (χ1) is 7.13. The number of nitrogens with zero attached hydrogens (tertiary/aromatic N) is 1. The van der Waals surface area contributed by atoms with E-state index in [-0.39, 0.29) is 25.4 Å². The lowest BCUT2D eigenvalue weighted by Crippen LogP contribution is -2.44. The molecule has 0 saturated carbocycles. The van der Waals surface area contributed by atoms with E-state index >= 15 is 0 Å². The molecule has 1 aromatic rings. The second-order valence-corrected chi connectivity index (χ2v) is 2.93. The Morgan fingerprint density at radius 3 is 2.75 bits per heavy atom. The van der Waals surface area contributed by atoms with Crippen LogP contribution in [0.5, 0.6) is 0 Å². The lowest BCUT2D eigenvalue weighted by atomic mass is 10.1. The van der Waals surface area contributed by atoms with Crippen molar-refractivity contribution in [2.24, 2.45) is 5.73 Å². The number of rotatable bonds is 5. The van der Waals surface area contributed by atoms with Gasteiger partial charge in [0, 0.05) is 12.6 Å². The minimum Gasteiger partial charge on any atom is -0.480 e. The molecule has 0 unspecified atom stereocenters. The predicted octanol–water partition coefficient (Wildman–Crippen LogP) is -1.10. The molecule has 8 heteroatoms. The van der Waals surface area contributed by atoms with Crippen LogP contribution in [-0.4, -0.2) is 39.5 Å². The summed E-state index contributed by atoms with van der Waals surface area (Å²) < 4.78 is 0. The van der Waals surface area contributed by atoms with E-state index in [1.165, 1.54) is 6.33 Å². The molecule has 1 atom stereocenters. The van der Waals surface area contributed by atoms with Gasteiger partial charge in [-0.05, 0) is 0 Å². The Bertz CT molecular complexity index is 341. The average molecular weight is 249 g/mol. The number of aliphatic carboxylic acids is 1. The van der Waals surface area contributed by atoms with Gasteiger partial charge in [-0.1, -0.05) is 0 Å². The first-order valence-corrected chi connectivity index (χ1v) is 4.33. The van der Waals surface area contributed by atoms with Crippen LogP contribution in [0.1, 0.15) is 5.69 Å². The minimum atomic E-state index is -1.11. The third kappa shape index (κ3) is 4.28. The summed E-state index contributed by atoms with van der Waals surface area (Å²) in [5.74, 6) is -1.61. The molecule has 0 radical (unpaired) electrons. The van der Waals surface area contributed by atoms with Crippen LogP contribution < -0.4 is 11.1 Å². The van der Waals surface area contributed by atoms with Crippen molar-refractivity contribution in [2.45, 2.75) is 12.5 Å². The predicted molar refractivity (Wildman–Crippen MR) is 58.2 cm³/mol. The molecule has 0 saturated heterocycles. The number of aromatic nitrogens is 2. The zero-order valence-electron chi connectivity index (χ0n) is 8.34. The fourth-order valence-electron chi connectivity index (χ4n) is 1.07. The molecule has 0 aliphatic heterocycles. The molecular formula is C8H13ClN4O3. The number of nitrogens with one attached hydrogen (secondary N) is 2. The van der Waals surface area contributed by atoms with Gasteiger partial charge in [0.15, 0.2) is 0 Å². The van der Waals surface area contributed by atoms with Crippen LogP contribution in [0.2, 0.25) is 0 Å². The lowest BCUT2D eigenvalue weighted by Gasteiger charge is -2.12. The number of amides is 1. The van der Waals surface area contributed by atoms with Crippen molar-refractivity contribution in [3.63, 3.8) is 0 Å². The summed E-state index contributed by atoms with van der Waals surface area (Å²) in [6, 6.07) is -0.996. The first kappa shape index (κ1) is 14.4. The molecule has 0 spiro atoms. The van der Waals surface area contributed by atoms with E-state index in [4.69, 9.17) is 10.8 Å². The molecule has 7 nitrogen and oxygen atoms in total. The highest BCUT2D eigenvalue weighted by atomic mass is 35.5. The maximum atomic E-state index is 10.9. The normalized spacial score (nSPS) is 11.3. The van der Waals surface area contributed by atoms with Gasteiger partial charge >= 0.3 is 5.97 Å². The second kappa shape index (κ2) is 6.81. The summed E-state index contributed by atoms with van der Waals surface area (Å²) in [4.78, 5) is 28.3. The molecule has 1 rings (SSSR count). The summed E-state index contributed by atoms with van der Waals surface area (Å²) in [6.45, 7) is -0.232. The van der Waals surface area contributed by atoms with E-state index in [0.29, 0.717) is 5.69 Å². The van der Waals surface area contributed by atoms with E-state index in [9.17, 15) is 9.59 Å². The van der Waals surface area contributed by atoms with Crippen LogP contribution in [-0.2, 0) is 16.0 Å². The fraction of sp³-hybridized carbons (Fsp3) is 0.375. The summed E-state index contributed by atoms with van der Waals surface area (Å²) in [6.07, 6.45) is 3.15. The largest absolute Gasteiger partial charge is 0.480 e. The number of halogens is 1. The van der Waals surface area contributed by atoms with Crippen molar-refractivity contribution in [2.75, 3.05) is 6.54 Å². The summed E-state index contributed by atoms with van der Waals surface area (Å²) in [7, 11) is 0. The maximum absolute atomic E-state index is 10.9. The molecule has 0 aromatic carbocycles. The number of hydrogen-bond donors (Lipinski definition) is 4. The Hall–Kier alpha value is -1.60. The number of carbonyl (C=O) groups excluding carboxylic acids is 1.